The van der Waals surface area contributed by atoms with Crippen molar-refractivity contribution in [1.29, 1.82) is 0 Å². The van der Waals surface area contributed by atoms with Crippen LogP contribution in [0.25, 0.3) is 0 Å². The zero-order valence-electron chi connectivity index (χ0n) is 13.7. The van der Waals surface area contributed by atoms with Crippen molar-refractivity contribution >= 4 is 17.5 Å². The minimum atomic E-state index is -0.207. The van der Waals surface area contributed by atoms with Crippen LogP contribution in [0.15, 0.2) is 42.7 Å². The standard InChI is InChI=1S/C18H21N3O2/c1-13-4-5-17(14(2)10-13)20-18(23)12-21(15(3)22)11-16-6-8-19-9-7-16/h4-10H,11-12H2,1-3H3,(H,20,23). The van der Waals surface area contributed by atoms with Crippen molar-refractivity contribution in [1.82, 2.24) is 9.88 Å². The first kappa shape index (κ1) is 16.7. The topological polar surface area (TPSA) is 62.3 Å². The number of aryl methyl sites for hydroxylation is 2. The van der Waals surface area contributed by atoms with E-state index in [2.05, 4.69) is 10.3 Å². The van der Waals surface area contributed by atoms with Gasteiger partial charge in [0.1, 0.15) is 6.54 Å². The molecular weight excluding hydrogens is 290 g/mol. The molecule has 1 aromatic heterocycles. The van der Waals surface area contributed by atoms with Crippen LogP contribution in [0.1, 0.15) is 23.6 Å². The molecule has 2 aromatic rings. The molecule has 5 nitrogen and oxygen atoms in total. The van der Waals surface area contributed by atoms with Crippen LogP contribution < -0.4 is 5.32 Å². The van der Waals surface area contributed by atoms with E-state index in [0.717, 1.165) is 22.4 Å². The lowest BCUT2D eigenvalue weighted by Gasteiger charge is -2.21. The molecule has 5 heteroatoms. The molecule has 0 atom stereocenters. The summed E-state index contributed by atoms with van der Waals surface area (Å²) in [6, 6.07) is 9.50. The molecule has 0 aliphatic heterocycles. The molecule has 2 rings (SSSR count). The van der Waals surface area contributed by atoms with E-state index in [1.54, 1.807) is 12.4 Å². The van der Waals surface area contributed by atoms with Crippen LogP contribution in [0, 0.1) is 13.8 Å². The Labute approximate surface area is 136 Å². The molecule has 0 aliphatic rings. The summed E-state index contributed by atoms with van der Waals surface area (Å²) in [5.41, 5.74) is 3.85. The zero-order chi connectivity index (χ0) is 16.8. The van der Waals surface area contributed by atoms with E-state index < -0.39 is 0 Å². The Kier molecular flexibility index (Phi) is 5.46. The molecule has 0 unspecified atom stereocenters. The molecule has 0 saturated carbocycles. The first-order valence-electron chi connectivity index (χ1n) is 7.47. The van der Waals surface area contributed by atoms with Crippen molar-refractivity contribution < 1.29 is 9.59 Å². The highest BCUT2D eigenvalue weighted by atomic mass is 16.2. The number of nitrogens with one attached hydrogen (secondary N) is 1. The highest BCUT2D eigenvalue weighted by molar-refractivity contribution is 5.94. The molecule has 2 amide bonds. The molecule has 0 bridgehead atoms. The van der Waals surface area contributed by atoms with Gasteiger partial charge in [-0.25, -0.2) is 0 Å². The molecule has 1 N–H and O–H groups in total. The number of aromatic nitrogens is 1. The zero-order valence-corrected chi connectivity index (χ0v) is 13.7. The molecule has 120 valence electrons. The fraction of sp³-hybridized carbons (Fsp3) is 0.278. The maximum atomic E-state index is 12.2. The number of hydrogen-bond acceptors (Lipinski definition) is 3. The average Bonchev–Trinajstić information content (AvgIpc) is 2.50. The van der Waals surface area contributed by atoms with Crippen molar-refractivity contribution in [3.63, 3.8) is 0 Å². The predicted octanol–water partition coefficient (Wildman–Crippen LogP) is 2.69. The maximum Gasteiger partial charge on any atom is 0.244 e. The molecule has 0 fully saturated rings. The third kappa shape index (κ3) is 4.92. The normalized spacial score (nSPS) is 10.2. The smallest absolute Gasteiger partial charge is 0.244 e. The molecule has 0 radical (unpaired) electrons. The predicted molar refractivity (Wildman–Crippen MR) is 89.9 cm³/mol. The number of benzene rings is 1. The first-order valence-corrected chi connectivity index (χ1v) is 7.47. The number of hydrogen-bond donors (Lipinski definition) is 1. The highest BCUT2D eigenvalue weighted by Crippen LogP contribution is 2.16. The minimum absolute atomic E-state index is 0.0188. The maximum absolute atomic E-state index is 12.2. The van der Waals surface area contributed by atoms with Crippen molar-refractivity contribution in [3.8, 4) is 0 Å². The van der Waals surface area contributed by atoms with Gasteiger partial charge in [-0.05, 0) is 43.2 Å². The second-order valence-electron chi connectivity index (χ2n) is 5.60. The Morgan fingerprint density at radius 3 is 2.43 bits per heavy atom. The van der Waals surface area contributed by atoms with Gasteiger partial charge < -0.3 is 10.2 Å². The summed E-state index contributed by atoms with van der Waals surface area (Å²) < 4.78 is 0. The Morgan fingerprint density at radius 1 is 1.13 bits per heavy atom. The van der Waals surface area contributed by atoms with Gasteiger partial charge in [-0.2, -0.15) is 0 Å². The fourth-order valence-corrected chi connectivity index (χ4v) is 2.30. The number of pyridine rings is 1. The molecule has 1 heterocycles. The summed E-state index contributed by atoms with van der Waals surface area (Å²) in [6.07, 6.45) is 3.34. The lowest BCUT2D eigenvalue weighted by Crippen LogP contribution is -2.36. The molecule has 1 aromatic carbocycles. The third-order valence-electron chi connectivity index (χ3n) is 3.56. The van der Waals surface area contributed by atoms with Gasteiger partial charge in [-0.1, -0.05) is 17.7 Å². The summed E-state index contributed by atoms with van der Waals surface area (Å²) in [5.74, 6) is -0.348. The van der Waals surface area contributed by atoms with Crippen LogP contribution in [0.2, 0.25) is 0 Å². The van der Waals surface area contributed by atoms with Crippen molar-refractivity contribution in [2.24, 2.45) is 0 Å². The molecule has 0 aliphatic carbocycles. The number of amides is 2. The third-order valence-corrected chi connectivity index (χ3v) is 3.56. The van der Waals surface area contributed by atoms with Gasteiger partial charge in [0, 0.05) is 31.5 Å². The van der Waals surface area contributed by atoms with E-state index in [-0.39, 0.29) is 18.4 Å². The van der Waals surface area contributed by atoms with E-state index in [9.17, 15) is 9.59 Å². The second kappa shape index (κ2) is 7.54. The van der Waals surface area contributed by atoms with Crippen LogP contribution in [0.3, 0.4) is 0 Å². The number of carbonyl (C=O) groups is 2. The molecule has 23 heavy (non-hydrogen) atoms. The summed E-state index contributed by atoms with van der Waals surface area (Å²) in [6.45, 7) is 5.82. The number of anilines is 1. The summed E-state index contributed by atoms with van der Waals surface area (Å²) in [4.78, 5) is 29.5. The van der Waals surface area contributed by atoms with Gasteiger partial charge in [0.2, 0.25) is 11.8 Å². The molecule has 0 spiro atoms. The van der Waals surface area contributed by atoms with Gasteiger partial charge in [-0.15, -0.1) is 0 Å². The average molecular weight is 311 g/mol. The number of nitrogens with zero attached hydrogens (tertiary/aromatic N) is 2. The largest absolute Gasteiger partial charge is 0.329 e. The van der Waals surface area contributed by atoms with E-state index in [4.69, 9.17) is 0 Å². The second-order valence-corrected chi connectivity index (χ2v) is 5.60. The Morgan fingerprint density at radius 2 is 1.83 bits per heavy atom. The van der Waals surface area contributed by atoms with Crippen molar-refractivity contribution in [2.75, 3.05) is 11.9 Å². The van der Waals surface area contributed by atoms with Crippen LogP contribution in [0.4, 0.5) is 5.69 Å². The number of rotatable bonds is 5. The van der Waals surface area contributed by atoms with E-state index in [1.807, 2.05) is 44.2 Å². The van der Waals surface area contributed by atoms with E-state index in [1.165, 1.54) is 11.8 Å². The Balaban J connectivity index is 2.02. The van der Waals surface area contributed by atoms with Gasteiger partial charge in [0.05, 0.1) is 0 Å². The Hall–Kier alpha value is -2.69. The molecule has 0 saturated heterocycles. The van der Waals surface area contributed by atoms with Crippen LogP contribution >= 0.6 is 0 Å². The quantitative estimate of drug-likeness (QED) is 0.923. The van der Waals surface area contributed by atoms with Gasteiger partial charge in [-0.3, -0.25) is 14.6 Å². The van der Waals surface area contributed by atoms with Crippen LogP contribution in [-0.2, 0) is 16.1 Å². The van der Waals surface area contributed by atoms with Crippen molar-refractivity contribution in [3.05, 3.63) is 59.4 Å². The van der Waals surface area contributed by atoms with Crippen molar-refractivity contribution in [2.45, 2.75) is 27.3 Å². The SMILES string of the molecule is CC(=O)N(CC(=O)Nc1ccc(C)cc1C)Cc1ccncc1. The monoisotopic (exact) mass is 311 g/mol. The summed E-state index contributed by atoms with van der Waals surface area (Å²) >= 11 is 0. The first-order chi connectivity index (χ1) is 11.0. The van der Waals surface area contributed by atoms with E-state index in [0.29, 0.717) is 6.54 Å². The highest BCUT2D eigenvalue weighted by Gasteiger charge is 2.15. The lowest BCUT2D eigenvalue weighted by molar-refractivity contribution is -0.133. The summed E-state index contributed by atoms with van der Waals surface area (Å²) in [7, 11) is 0. The van der Waals surface area contributed by atoms with Gasteiger partial charge in [0.15, 0.2) is 0 Å². The molecular formula is C18H21N3O2. The van der Waals surface area contributed by atoms with Crippen LogP contribution in [0.5, 0.6) is 0 Å². The van der Waals surface area contributed by atoms with Gasteiger partial charge in [0.25, 0.3) is 0 Å². The van der Waals surface area contributed by atoms with Crippen LogP contribution in [-0.4, -0.2) is 28.2 Å². The lowest BCUT2D eigenvalue weighted by atomic mass is 10.1. The summed E-state index contributed by atoms with van der Waals surface area (Å²) in [5, 5.41) is 2.86. The van der Waals surface area contributed by atoms with Gasteiger partial charge >= 0.3 is 0 Å². The Bertz CT molecular complexity index is 699. The fourth-order valence-electron chi connectivity index (χ4n) is 2.30. The number of carbonyl (C=O) groups excluding carboxylic acids is 2. The van der Waals surface area contributed by atoms with E-state index >= 15 is 0 Å². The minimum Gasteiger partial charge on any atom is -0.329 e.